The number of hydrogen-bond donors (Lipinski definition) is 1. The van der Waals surface area contributed by atoms with Crippen LogP contribution in [0.25, 0.3) is 0 Å². The molecule has 7 heteroatoms. The topological polar surface area (TPSA) is 85.1 Å². The van der Waals surface area contributed by atoms with Crippen molar-refractivity contribution in [3.8, 4) is 0 Å². The van der Waals surface area contributed by atoms with Gasteiger partial charge in [0.05, 0.1) is 11.0 Å². The minimum Gasteiger partial charge on any atom is -0.449 e. The van der Waals surface area contributed by atoms with Crippen molar-refractivity contribution in [3.63, 3.8) is 0 Å². The molecule has 13 bridgehead atoms. The molecule has 6 aliphatic carbocycles. The Bertz CT molecular complexity index is 2390. The average molecular weight is 846 g/mol. The summed E-state index contributed by atoms with van der Waals surface area (Å²) in [5.74, 6) is 3.34. The molecule has 0 radical (unpaired) electrons. The van der Waals surface area contributed by atoms with Gasteiger partial charge in [-0.25, -0.2) is 4.79 Å². The lowest BCUT2D eigenvalue weighted by Gasteiger charge is -2.71. The Kier molecular flexibility index (Phi) is 9.09. The van der Waals surface area contributed by atoms with Crippen molar-refractivity contribution in [1.82, 2.24) is 9.80 Å². The van der Waals surface area contributed by atoms with E-state index < -0.39 is 16.4 Å². The largest absolute Gasteiger partial charge is 0.449 e. The third-order valence-electron chi connectivity index (χ3n) is 19.4. The van der Waals surface area contributed by atoms with Gasteiger partial charge >= 0.3 is 11.9 Å². The molecule has 2 saturated carbocycles. The highest BCUT2D eigenvalue weighted by atomic mass is 16.6. The van der Waals surface area contributed by atoms with Crippen LogP contribution in [0, 0.1) is 52.3 Å². The monoisotopic (exact) mass is 846 g/mol. The third-order valence-corrected chi connectivity index (χ3v) is 19.4. The van der Waals surface area contributed by atoms with Gasteiger partial charge in [0.25, 0.3) is 0 Å². The predicted octanol–water partition coefficient (Wildman–Crippen LogP) is 9.75. The van der Waals surface area contributed by atoms with Gasteiger partial charge in [-0.05, 0) is 148 Å². The zero-order valence-electron chi connectivity index (χ0n) is 37.6. The Morgan fingerprint density at radius 2 is 1.68 bits per heavy atom. The van der Waals surface area contributed by atoms with Crippen LogP contribution in [0.5, 0.6) is 0 Å². The molecule has 8 aliphatic heterocycles. The zero-order chi connectivity index (χ0) is 42.2. The van der Waals surface area contributed by atoms with Crippen molar-refractivity contribution in [2.24, 2.45) is 58.0 Å². The van der Waals surface area contributed by atoms with E-state index in [1.54, 1.807) is 5.70 Å². The molecule has 0 aromatic heterocycles. The first kappa shape index (κ1) is 39.4. The number of nitrogens with zero attached hydrogens (tertiary/aromatic N) is 2. The van der Waals surface area contributed by atoms with Gasteiger partial charge in [-0.1, -0.05) is 98.4 Å². The summed E-state index contributed by atoms with van der Waals surface area (Å²) in [4.78, 5) is 36.8. The summed E-state index contributed by atoms with van der Waals surface area (Å²) in [6.07, 6.45) is 25.3. The lowest BCUT2D eigenvalue weighted by atomic mass is 9.29. The van der Waals surface area contributed by atoms with E-state index >= 15 is 4.79 Å². The van der Waals surface area contributed by atoms with E-state index in [4.69, 9.17) is 15.2 Å². The van der Waals surface area contributed by atoms with E-state index in [-0.39, 0.29) is 23.8 Å². The van der Waals surface area contributed by atoms with Crippen LogP contribution in [-0.4, -0.2) is 60.5 Å². The molecule has 16 rings (SSSR count). The lowest BCUT2D eigenvalue weighted by Crippen LogP contribution is -2.77. The molecule has 0 amide bonds. The van der Waals surface area contributed by atoms with Crippen molar-refractivity contribution < 1.29 is 19.1 Å². The second kappa shape index (κ2) is 14.5. The maximum absolute atomic E-state index is 16.1. The van der Waals surface area contributed by atoms with E-state index in [1.165, 1.54) is 66.4 Å². The SMILES string of the molecule is C[C@@H]1CC=C2[C@H]3C4=C5C=C(Cc6cccc(c6)CCCC[C@H]6[C@]57C(=O)O/C(=C/C[C@H](C5CCCCC5)N5C[C@@H]8C[C@@H](CN2C8)C5)[C@@]7(CC4)[C@]62OC(=O)c4c(CCCN)cccc42)[C@@H]31. The first-order valence-electron chi connectivity index (χ1n) is 25.5. The van der Waals surface area contributed by atoms with Crippen molar-refractivity contribution in [2.75, 3.05) is 32.7 Å². The van der Waals surface area contributed by atoms with Crippen molar-refractivity contribution in [1.29, 1.82) is 0 Å². The molecular weight excluding hydrogens is 779 g/mol. The molecule has 14 aliphatic rings. The zero-order valence-corrected chi connectivity index (χ0v) is 37.6. The van der Waals surface area contributed by atoms with Gasteiger partial charge < -0.3 is 20.1 Å². The summed E-state index contributed by atoms with van der Waals surface area (Å²) in [5.41, 5.74) is 14.7. The van der Waals surface area contributed by atoms with Crippen molar-refractivity contribution >= 4 is 11.9 Å². The number of carbonyl (C=O) groups is 2. The maximum atomic E-state index is 16.1. The van der Waals surface area contributed by atoms with Gasteiger partial charge in [-0.15, -0.1) is 0 Å². The Hall–Kier alpha value is -3.94. The van der Waals surface area contributed by atoms with Gasteiger partial charge in [0.15, 0.2) is 5.60 Å². The fourth-order valence-electron chi connectivity index (χ4n) is 17.3. The highest BCUT2D eigenvalue weighted by Gasteiger charge is 2.92. The Morgan fingerprint density at radius 3 is 2.52 bits per heavy atom. The molecule has 330 valence electrons. The summed E-state index contributed by atoms with van der Waals surface area (Å²) >= 11 is 0. The Morgan fingerprint density at radius 1 is 0.873 bits per heavy atom. The molecular formula is C56H67N3O4. The van der Waals surface area contributed by atoms with E-state index in [2.05, 4.69) is 77.4 Å². The van der Waals surface area contributed by atoms with Crippen LogP contribution in [0.2, 0.25) is 0 Å². The number of piperidine rings is 2. The van der Waals surface area contributed by atoms with Crippen LogP contribution in [0.4, 0.5) is 0 Å². The van der Waals surface area contributed by atoms with Gasteiger partial charge in [-0.2, -0.15) is 0 Å². The van der Waals surface area contributed by atoms with Crippen LogP contribution in [0.15, 0.2) is 88.9 Å². The fourth-order valence-corrected chi connectivity index (χ4v) is 17.3. The number of esters is 2. The van der Waals surface area contributed by atoms with Crippen molar-refractivity contribution in [3.05, 3.63) is 117 Å². The minimum atomic E-state index is -0.995. The summed E-state index contributed by atoms with van der Waals surface area (Å²) in [7, 11) is 0. The number of fused-ring (bicyclic) bond motifs is 6. The van der Waals surface area contributed by atoms with Crippen LogP contribution in [0.1, 0.15) is 129 Å². The first-order valence-corrected chi connectivity index (χ1v) is 25.5. The highest BCUT2D eigenvalue weighted by molar-refractivity contribution is 6.00. The average Bonchev–Trinajstić information content (AvgIpc) is 3.73. The third kappa shape index (κ3) is 5.27. The van der Waals surface area contributed by atoms with Gasteiger partial charge in [0, 0.05) is 55.3 Å². The van der Waals surface area contributed by atoms with E-state index in [0.29, 0.717) is 42.2 Å². The maximum Gasteiger partial charge on any atom is 0.339 e. The molecule has 11 atom stereocenters. The molecule has 5 fully saturated rings. The standard InChI is InChI=1S/C56H67N3O4/c1-34-19-20-46-51-42-23-24-54-48(22-21-45(39-13-3-2-4-14-39)58-30-37-27-38(31-58)33-59(46)32-37)62-53(61)55(54)44(42)29-41(49(34)51)28-36-12-7-11-35(26-36)10-5-6-18-47(55)56(54)43-17-8-15-40(16-9-25-57)50(43)52(60)63-56/h7-8,11-12,15,17,20,22,26,29,34,37-39,45,47,49,51H,2-6,9-10,13-14,16,18-19,21,23-25,27-28,30-33,57H2,1H3/b48-22+/t34-,37-,38+,45-,47+,49+,51-,54-,55+,56-/m1/s1. The molecule has 63 heavy (non-hydrogen) atoms. The Labute approximate surface area is 374 Å². The second-order valence-electron chi connectivity index (χ2n) is 22.4. The number of aryl methyl sites for hydroxylation is 2. The summed E-state index contributed by atoms with van der Waals surface area (Å²) in [6.45, 7) is 7.66. The van der Waals surface area contributed by atoms with Crippen LogP contribution < -0.4 is 5.73 Å². The quantitative estimate of drug-likeness (QED) is 0.307. The van der Waals surface area contributed by atoms with Crippen LogP contribution >= 0.6 is 0 Å². The number of ether oxygens (including phenoxy) is 2. The van der Waals surface area contributed by atoms with Crippen LogP contribution in [0.3, 0.4) is 0 Å². The molecule has 2 aromatic rings. The fraction of sp³-hybridized carbons (Fsp3) is 0.607. The molecule has 3 saturated heterocycles. The van der Waals surface area contributed by atoms with E-state index in [0.717, 1.165) is 119 Å². The molecule has 3 spiro atoms. The van der Waals surface area contributed by atoms with Gasteiger partial charge in [0.2, 0.25) is 0 Å². The van der Waals surface area contributed by atoms with E-state index in [1.807, 2.05) is 0 Å². The number of hydrogen-bond acceptors (Lipinski definition) is 7. The van der Waals surface area contributed by atoms with Gasteiger partial charge in [-0.3, -0.25) is 9.69 Å². The highest BCUT2D eigenvalue weighted by Crippen LogP contribution is 2.87. The molecule has 8 heterocycles. The van der Waals surface area contributed by atoms with Gasteiger partial charge in [0.1, 0.15) is 11.2 Å². The number of allylic oxidation sites excluding steroid dienone is 4. The summed E-state index contributed by atoms with van der Waals surface area (Å²) in [6, 6.07) is 16.3. The summed E-state index contributed by atoms with van der Waals surface area (Å²) < 4.78 is 14.4. The smallest absolute Gasteiger partial charge is 0.339 e. The number of nitrogens with two attached hydrogens (primary N) is 1. The second-order valence-corrected chi connectivity index (χ2v) is 22.4. The summed E-state index contributed by atoms with van der Waals surface area (Å²) in [5, 5.41) is 0. The lowest BCUT2D eigenvalue weighted by molar-refractivity contribution is -0.275. The van der Waals surface area contributed by atoms with E-state index in [9.17, 15) is 4.79 Å². The van der Waals surface area contributed by atoms with Crippen LogP contribution in [-0.2, 0) is 39.1 Å². The van der Waals surface area contributed by atoms with Crippen molar-refractivity contribution in [2.45, 2.75) is 128 Å². The Balaban J connectivity index is 1.09. The first-order chi connectivity index (χ1) is 30.9. The molecule has 2 aromatic carbocycles. The molecule has 1 unspecified atom stereocenters. The number of rotatable bonds is 4. The molecule has 2 N–H and O–H groups in total. The number of carbonyl (C=O) groups excluding carboxylic acids is 2. The number of benzene rings is 2. The minimum absolute atomic E-state index is 0.0809. The normalized spacial score (nSPS) is 40.7. The molecule has 7 nitrogen and oxygen atoms in total. The predicted molar refractivity (Wildman–Crippen MR) is 244 cm³/mol.